The molecule has 3 heteroatoms. The number of carbonyl (C=O) groups is 1. The third-order valence-corrected chi connectivity index (χ3v) is 1.83. The maximum absolute atomic E-state index is 10.8. The van der Waals surface area contributed by atoms with E-state index in [-0.39, 0.29) is 0 Å². The Morgan fingerprint density at radius 1 is 1.31 bits per heavy atom. The third kappa shape index (κ3) is 4.06. The Morgan fingerprint density at radius 2 is 1.77 bits per heavy atom. The van der Waals surface area contributed by atoms with E-state index in [4.69, 9.17) is 4.74 Å². The minimum absolute atomic E-state index is 0.412. The number of rotatable bonds is 6. The van der Waals surface area contributed by atoms with Crippen LogP contribution in [-0.2, 0) is 14.3 Å². The largest absolute Gasteiger partial charge is 0.451 e. The van der Waals surface area contributed by atoms with Gasteiger partial charge in [-0.2, -0.15) is 0 Å². The van der Waals surface area contributed by atoms with Crippen molar-refractivity contribution in [2.24, 2.45) is 0 Å². The Bertz CT molecular complexity index is 169. The van der Waals surface area contributed by atoms with E-state index in [2.05, 4.69) is 0 Å². The normalized spacial score (nSPS) is 11.0. The molecule has 75 valence electrons. The summed E-state index contributed by atoms with van der Waals surface area (Å²) >= 11 is 0. The lowest BCUT2D eigenvalue weighted by Gasteiger charge is -2.25. The summed E-state index contributed by atoms with van der Waals surface area (Å²) in [6.07, 6.45) is 4.59. The van der Waals surface area contributed by atoms with Crippen molar-refractivity contribution >= 4 is 12.3 Å². The van der Waals surface area contributed by atoms with Crippen LogP contribution in [0.5, 0.6) is 0 Å². The molecular formula is C10H17O3. The standard InChI is InChI=1S/C10H17O3/c1-4-6-10(8-11,7-5-2)13-9(3)12/h4-7H2,1-3H3. The summed E-state index contributed by atoms with van der Waals surface area (Å²) in [5, 5.41) is 0. The van der Waals surface area contributed by atoms with Crippen molar-refractivity contribution < 1.29 is 14.3 Å². The van der Waals surface area contributed by atoms with Crippen molar-refractivity contribution in [2.45, 2.75) is 52.1 Å². The van der Waals surface area contributed by atoms with Crippen LogP contribution < -0.4 is 0 Å². The molecule has 0 aliphatic rings. The highest BCUT2D eigenvalue weighted by Gasteiger charge is 2.32. The van der Waals surface area contributed by atoms with Gasteiger partial charge >= 0.3 is 5.97 Å². The van der Waals surface area contributed by atoms with E-state index in [1.807, 2.05) is 20.1 Å². The van der Waals surface area contributed by atoms with Crippen LogP contribution >= 0.6 is 0 Å². The zero-order chi connectivity index (χ0) is 10.3. The molecule has 0 rings (SSSR count). The summed E-state index contributed by atoms with van der Waals surface area (Å²) in [5.74, 6) is -0.412. The second-order valence-corrected chi connectivity index (χ2v) is 3.19. The Hall–Kier alpha value is -0.860. The zero-order valence-electron chi connectivity index (χ0n) is 8.55. The van der Waals surface area contributed by atoms with Gasteiger partial charge in [-0.15, -0.1) is 0 Å². The molecule has 0 heterocycles. The Labute approximate surface area is 79.5 Å². The summed E-state index contributed by atoms with van der Waals surface area (Å²) in [4.78, 5) is 21.5. The molecule has 0 aliphatic carbocycles. The molecule has 13 heavy (non-hydrogen) atoms. The van der Waals surface area contributed by atoms with Gasteiger partial charge in [-0.3, -0.25) is 9.59 Å². The van der Waals surface area contributed by atoms with Gasteiger partial charge in [0, 0.05) is 6.92 Å². The van der Waals surface area contributed by atoms with Crippen molar-refractivity contribution in [3.05, 3.63) is 0 Å². The van der Waals surface area contributed by atoms with Gasteiger partial charge in [-0.25, -0.2) is 0 Å². The predicted molar refractivity (Wildman–Crippen MR) is 50.0 cm³/mol. The van der Waals surface area contributed by atoms with Crippen LogP contribution in [0.15, 0.2) is 0 Å². The van der Waals surface area contributed by atoms with E-state index in [0.29, 0.717) is 12.8 Å². The van der Waals surface area contributed by atoms with Crippen molar-refractivity contribution in [1.82, 2.24) is 0 Å². The van der Waals surface area contributed by atoms with Gasteiger partial charge in [0.15, 0.2) is 5.60 Å². The molecule has 0 spiro atoms. The molecule has 0 saturated carbocycles. The van der Waals surface area contributed by atoms with Crippen molar-refractivity contribution in [3.8, 4) is 0 Å². The highest BCUT2D eigenvalue weighted by Crippen LogP contribution is 2.22. The highest BCUT2D eigenvalue weighted by molar-refractivity contribution is 5.73. The number of carbonyl (C=O) groups excluding carboxylic acids is 2. The molecule has 3 nitrogen and oxygen atoms in total. The number of hydrogen-bond donors (Lipinski definition) is 0. The second-order valence-electron chi connectivity index (χ2n) is 3.19. The quantitative estimate of drug-likeness (QED) is 0.594. The van der Waals surface area contributed by atoms with Crippen molar-refractivity contribution in [1.29, 1.82) is 0 Å². The maximum Gasteiger partial charge on any atom is 0.303 e. The fourth-order valence-electron chi connectivity index (χ4n) is 1.43. The van der Waals surface area contributed by atoms with Crippen LogP contribution in [0.4, 0.5) is 0 Å². The summed E-state index contributed by atoms with van der Waals surface area (Å²) in [6, 6.07) is 0. The smallest absolute Gasteiger partial charge is 0.303 e. The molecule has 0 aromatic heterocycles. The van der Waals surface area contributed by atoms with E-state index >= 15 is 0 Å². The molecule has 0 aromatic rings. The van der Waals surface area contributed by atoms with Gasteiger partial charge < -0.3 is 4.74 Å². The van der Waals surface area contributed by atoms with E-state index in [1.54, 1.807) is 0 Å². The van der Waals surface area contributed by atoms with Crippen LogP contribution in [0.1, 0.15) is 46.5 Å². The van der Waals surface area contributed by atoms with Gasteiger partial charge in [0.05, 0.1) is 0 Å². The summed E-state index contributed by atoms with van der Waals surface area (Å²) in [6.45, 7) is 5.22. The Balaban J connectivity index is 4.42. The van der Waals surface area contributed by atoms with E-state index in [1.165, 1.54) is 6.92 Å². The van der Waals surface area contributed by atoms with Gasteiger partial charge in [-0.1, -0.05) is 26.7 Å². The van der Waals surface area contributed by atoms with Crippen LogP contribution in [0.25, 0.3) is 0 Å². The predicted octanol–water partition coefficient (Wildman–Crippen LogP) is 2.00. The molecule has 0 fully saturated rings. The molecular weight excluding hydrogens is 168 g/mol. The molecule has 0 aromatic carbocycles. The average Bonchev–Trinajstić information content (AvgIpc) is 2.04. The molecule has 0 saturated heterocycles. The molecule has 0 bridgehead atoms. The first-order chi connectivity index (χ1) is 6.10. The number of hydrogen-bond acceptors (Lipinski definition) is 3. The summed E-state index contributed by atoms with van der Waals surface area (Å²) in [5.41, 5.74) is -0.991. The molecule has 0 N–H and O–H groups in total. The second kappa shape index (κ2) is 5.73. The topological polar surface area (TPSA) is 43.4 Å². The van der Waals surface area contributed by atoms with Crippen LogP contribution in [0.2, 0.25) is 0 Å². The van der Waals surface area contributed by atoms with E-state index in [9.17, 15) is 9.59 Å². The summed E-state index contributed by atoms with van der Waals surface area (Å²) < 4.78 is 5.01. The number of esters is 1. The monoisotopic (exact) mass is 185 g/mol. The minimum Gasteiger partial charge on any atom is -0.451 e. The van der Waals surface area contributed by atoms with E-state index < -0.39 is 11.6 Å². The fourth-order valence-corrected chi connectivity index (χ4v) is 1.43. The van der Waals surface area contributed by atoms with Crippen molar-refractivity contribution in [2.75, 3.05) is 0 Å². The zero-order valence-corrected chi connectivity index (χ0v) is 8.55. The third-order valence-electron chi connectivity index (χ3n) is 1.83. The molecule has 0 aliphatic heterocycles. The summed E-state index contributed by atoms with van der Waals surface area (Å²) in [7, 11) is 0. The van der Waals surface area contributed by atoms with Gasteiger partial charge in [0.1, 0.15) is 0 Å². The molecule has 0 amide bonds. The molecule has 0 unspecified atom stereocenters. The van der Waals surface area contributed by atoms with Crippen LogP contribution in [0.3, 0.4) is 0 Å². The number of ether oxygens (including phenoxy) is 1. The van der Waals surface area contributed by atoms with Crippen LogP contribution in [0, 0.1) is 0 Å². The molecule has 0 atom stereocenters. The lowest BCUT2D eigenvalue weighted by molar-refractivity contribution is -0.151. The minimum atomic E-state index is -0.991. The highest BCUT2D eigenvalue weighted by atomic mass is 16.6. The molecule has 1 radical (unpaired) electrons. The van der Waals surface area contributed by atoms with Gasteiger partial charge in [0.25, 0.3) is 0 Å². The maximum atomic E-state index is 10.8. The first-order valence-corrected chi connectivity index (χ1v) is 4.69. The Morgan fingerprint density at radius 3 is 2.00 bits per heavy atom. The lowest BCUT2D eigenvalue weighted by atomic mass is 9.94. The van der Waals surface area contributed by atoms with Gasteiger partial charge in [0.2, 0.25) is 6.29 Å². The first kappa shape index (κ1) is 12.1. The SMILES string of the molecule is CCCC([C]=O)(CCC)OC(C)=O. The Kier molecular flexibility index (Phi) is 5.35. The lowest BCUT2D eigenvalue weighted by Crippen LogP contribution is -2.36. The van der Waals surface area contributed by atoms with Gasteiger partial charge in [-0.05, 0) is 12.8 Å². The average molecular weight is 185 g/mol. The fraction of sp³-hybridized carbons (Fsp3) is 0.800. The van der Waals surface area contributed by atoms with E-state index in [0.717, 1.165) is 12.8 Å². The van der Waals surface area contributed by atoms with Crippen LogP contribution in [-0.4, -0.2) is 17.9 Å². The first-order valence-electron chi connectivity index (χ1n) is 4.69. The van der Waals surface area contributed by atoms with Crippen molar-refractivity contribution in [3.63, 3.8) is 0 Å².